The maximum atomic E-state index is 13.1. The molecule has 1 saturated heterocycles. The number of amides is 2. The number of likely N-dealkylation sites (tertiary alicyclic amines) is 1. The number of fused-ring (bicyclic) bond motifs is 1. The fraction of sp³-hybridized carbons (Fsp3) is 0.519. The van der Waals surface area contributed by atoms with E-state index in [0.717, 1.165) is 50.3 Å². The van der Waals surface area contributed by atoms with Gasteiger partial charge in [-0.05, 0) is 20.8 Å². The second kappa shape index (κ2) is 12.1. The molecule has 0 aliphatic carbocycles. The molecule has 38 heavy (non-hydrogen) atoms. The zero-order valence-corrected chi connectivity index (χ0v) is 25.6. The van der Waals surface area contributed by atoms with E-state index in [4.69, 9.17) is 14.7 Å². The van der Waals surface area contributed by atoms with Gasteiger partial charge >= 0.3 is 215 Å². The predicted molar refractivity (Wildman–Crippen MR) is 151 cm³/mol. The number of rotatable bonds is 7. The zero-order valence-electron chi connectivity index (χ0n) is 22.9. The van der Waals surface area contributed by atoms with Gasteiger partial charge in [0.15, 0.2) is 0 Å². The molecule has 1 aliphatic heterocycles. The minimum atomic E-state index is -0.558. The van der Waals surface area contributed by atoms with E-state index in [1.807, 2.05) is 55.9 Å². The standard InChI is InChI=1S/C27H36AsN6O3S/c1-17(2)21-15-29-34-22(21)31-25(38-6)32-24(34)28-14-18-9-7-11-20(13-18)30-23(35)19-10-8-12-33(16-19)26(36)37-27(3,4)5/h7,9,11,13,15,17,19H,8,10,12,14,16H2,1-6H3,(H,30,35). The summed E-state index contributed by atoms with van der Waals surface area (Å²) in [7, 11) is 0. The molecule has 0 bridgehead atoms. The first-order chi connectivity index (χ1) is 18.0. The summed E-state index contributed by atoms with van der Waals surface area (Å²) in [4.78, 5) is 36.7. The molecule has 3 heterocycles. The fourth-order valence-electron chi connectivity index (χ4n) is 4.30. The Labute approximate surface area is 235 Å². The number of nitrogens with one attached hydrogen (secondary N) is 1. The molecule has 1 N–H and O–H groups in total. The van der Waals surface area contributed by atoms with Gasteiger partial charge in [-0.25, -0.2) is 0 Å². The maximum absolute atomic E-state index is 13.1. The Balaban J connectivity index is 1.41. The van der Waals surface area contributed by atoms with Crippen LogP contribution in [-0.4, -0.2) is 77.2 Å². The molecule has 1 aromatic carbocycles. The third kappa shape index (κ3) is 7.08. The van der Waals surface area contributed by atoms with Crippen LogP contribution in [0.5, 0.6) is 0 Å². The molecule has 1 radical (unpaired) electrons. The number of thioether (sulfide) groups is 1. The van der Waals surface area contributed by atoms with Crippen molar-refractivity contribution in [3.63, 3.8) is 0 Å². The van der Waals surface area contributed by atoms with Crippen LogP contribution in [0.15, 0.2) is 35.6 Å². The van der Waals surface area contributed by atoms with Gasteiger partial charge in [0.2, 0.25) is 0 Å². The molecule has 2 aromatic heterocycles. The summed E-state index contributed by atoms with van der Waals surface area (Å²) in [5.41, 5.74) is 3.36. The molecule has 1 unspecified atom stereocenters. The quantitative estimate of drug-likeness (QED) is 0.323. The first-order valence-corrected chi connectivity index (χ1v) is 16.4. The van der Waals surface area contributed by atoms with Crippen molar-refractivity contribution in [1.82, 2.24) is 24.5 Å². The Morgan fingerprint density at radius 2 is 2.05 bits per heavy atom. The van der Waals surface area contributed by atoms with Gasteiger partial charge in [0.25, 0.3) is 0 Å². The fourth-order valence-corrected chi connectivity index (χ4v) is 6.83. The molecule has 9 nitrogen and oxygen atoms in total. The molecule has 1 aliphatic rings. The summed E-state index contributed by atoms with van der Waals surface area (Å²) in [6.07, 6.45) is 5.05. The average molecular weight is 600 g/mol. The van der Waals surface area contributed by atoms with Crippen LogP contribution < -0.4 is 9.93 Å². The summed E-state index contributed by atoms with van der Waals surface area (Å²) in [6.45, 7) is 10.8. The van der Waals surface area contributed by atoms with Gasteiger partial charge < -0.3 is 0 Å². The van der Waals surface area contributed by atoms with Crippen LogP contribution in [0.25, 0.3) is 5.65 Å². The van der Waals surface area contributed by atoms with Gasteiger partial charge in [-0.1, -0.05) is 0 Å². The number of aromatic nitrogens is 4. The number of hydrogen-bond donors (Lipinski definition) is 1. The van der Waals surface area contributed by atoms with E-state index in [9.17, 15) is 9.59 Å². The van der Waals surface area contributed by atoms with E-state index in [0.29, 0.717) is 19.0 Å². The Morgan fingerprint density at radius 3 is 2.76 bits per heavy atom. The molecule has 3 aromatic rings. The van der Waals surface area contributed by atoms with Crippen molar-refractivity contribution in [2.45, 2.75) is 69.3 Å². The van der Waals surface area contributed by atoms with E-state index < -0.39 is 5.60 Å². The molecule has 203 valence electrons. The summed E-state index contributed by atoms with van der Waals surface area (Å²) < 4.78 is 8.35. The van der Waals surface area contributed by atoms with E-state index in [1.54, 1.807) is 16.7 Å². The number of carbonyl (C=O) groups excluding carboxylic acids is 2. The van der Waals surface area contributed by atoms with Crippen molar-refractivity contribution in [1.29, 1.82) is 0 Å². The molecule has 4 rings (SSSR count). The van der Waals surface area contributed by atoms with E-state index >= 15 is 0 Å². The van der Waals surface area contributed by atoms with Gasteiger partial charge in [-0.2, -0.15) is 0 Å². The molecule has 0 spiro atoms. The molecular weight excluding hydrogens is 563 g/mol. The second-order valence-corrected chi connectivity index (χ2v) is 13.7. The van der Waals surface area contributed by atoms with Gasteiger partial charge in [0.1, 0.15) is 0 Å². The van der Waals surface area contributed by atoms with Crippen molar-refractivity contribution in [3.05, 3.63) is 41.6 Å². The first kappa shape index (κ1) is 28.4. The van der Waals surface area contributed by atoms with Crippen LogP contribution in [0.4, 0.5) is 10.5 Å². The van der Waals surface area contributed by atoms with Crippen molar-refractivity contribution < 1.29 is 14.3 Å². The summed E-state index contributed by atoms with van der Waals surface area (Å²) in [6, 6.07) is 7.97. The van der Waals surface area contributed by atoms with Gasteiger partial charge in [0, 0.05) is 0 Å². The number of piperidine rings is 1. The van der Waals surface area contributed by atoms with Crippen LogP contribution in [0.1, 0.15) is 64.5 Å². The minimum absolute atomic E-state index is 0.0662. The third-order valence-electron chi connectivity index (χ3n) is 6.20. The van der Waals surface area contributed by atoms with Crippen LogP contribution in [0.3, 0.4) is 0 Å². The molecule has 0 saturated carbocycles. The van der Waals surface area contributed by atoms with Gasteiger partial charge in [0.05, 0.1) is 0 Å². The molecule has 2 amide bonds. The average Bonchev–Trinajstić information content (AvgIpc) is 3.31. The number of benzene rings is 1. The SMILES string of the molecule is CSc1nc([As]Cc2cccc(NC(=O)C3CCCN(C(=O)OC(C)(C)C)C3)c2)n2ncc(C(C)C)c2n1. The topological polar surface area (TPSA) is 102 Å². The number of anilines is 1. The van der Waals surface area contributed by atoms with Crippen LogP contribution >= 0.6 is 11.8 Å². The number of hydrogen-bond acceptors (Lipinski definition) is 7. The Bertz CT molecular complexity index is 1310. The molecule has 1 fully saturated rings. The monoisotopic (exact) mass is 599 g/mol. The molecular formula is C27H36AsN6O3S. The van der Waals surface area contributed by atoms with Crippen LogP contribution in [0, 0.1) is 5.92 Å². The Morgan fingerprint density at radius 1 is 1.26 bits per heavy atom. The van der Waals surface area contributed by atoms with E-state index in [1.165, 1.54) is 0 Å². The predicted octanol–water partition coefficient (Wildman–Crippen LogP) is 4.08. The van der Waals surface area contributed by atoms with Crippen molar-refractivity contribution in [2.24, 2.45) is 5.92 Å². The van der Waals surface area contributed by atoms with E-state index in [2.05, 4.69) is 30.3 Å². The third-order valence-corrected chi connectivity index (χ3v) is 9.05. The van der Waals surface area contributed by atoms with Crippen LogP contribution in [-0.2, 0) is 14.7 Å². The number of ether oxygens (including phenoxy) is 1. The summed E-state index contributed by atoms with van der Waals surface area (Å²) >= 11 is 1.23. The Hall–Kier alpha value is -2.58. The molecule has 1 atom stereocenters. The van der Waals surface area contributed by atoms with Crippen LogP contribution in [0.2, 0.25) is 0 Å². The second-order valence-electron chi connectivity index (χ2n) is 10.8. The number of nitrogens with zero attached hydrogens (tertiary/aromatic N) is 5. The Kier molecular flexibility index (Phi) is 9.03. The van der Waals surface area contributed by atoms with Crippen molar-refractivity contribution in [2.75, 3.05) is 24.7 Å². The molecule has 11 heteroatoms. The zero-order chi connectivity index (χ0) is 27.4. The first-order valence-electron chi connectivity index (χ1n) is 12.9. The van der Waals surface area contributed by atoms with Gasteiger partial charge in [-0.15, -0.1) is 0 Å². The van der Waals surface area contributed by atoms with E-state index in [-0.39, 0.29) is 33.7 Å². The summed E-state index contributed by atoms with van der Waals surface area (Å²) in [5, 5.41) is 9.26. The normalized spacial score (nSPS) is 16.5. The van der Waals surface area contributed by atoms with Crippen molar-refractivity contribution >= 4 is 55.5 Å². The van der Waals surface area contributed by atoms with Gasteiger partial charge in [-0.3, -0.25) is 0 Å². The van der Waals surface area contributed by atoms with Crippen molar-refractivity contribution in [3.8, 4) is 0 Å². The summed E-state index contributed by atoms with van der Waals surface area (Å²) in [5.74, 6) is 0.00548. The number of carbonyl (C=O) groups is 2.